The summed E-state index contributed by atoms with van der Waals surface area (Å²) in [5, 5.41) is 3.04. The van der Waals surface area contributed by atoms with Crippen molar-refractivity contribution in [1.82, 2.24) is 5.32 Å². The summed E-state index contributed by atoms with van der Waals surface area (Å²) in [6.07, 6.45) is -0.994. The van der Waals surface area contributed by atoms with Crippen molar-refractivity contribution in [2.24, 2.45) is 0 Å². The van der Waals surface area contributed by atoms with Crippen LogP contribution in [-0.4, -0.2) is 34.1 Å². The van der Waals surface area contributed by atoms with Gasteiger partial charge in [-0.3, -0.25) is 9.10 Å². The minimum atomic E-state index is -3.77. The minimum Gasteiger partial charge on any atom is -0.496 e. The number of rotatable bonds is 8. The van der Waals surface area contributed by atoms with E-state index in [1.54, 1.807) is 43.5 Å². The van der Waals surface area contributed by atoms with Crippen LogP contribution in [0.25, 0.3) is 0 Å². The van der Waals surface area contributed by atoms with E-state index in [0.29, 0.717) is 17.0 Å². The number of fused-ring (bicyclic) bond motifs is 1. The first kappa shape index (κ1) is 26.5. The van der Waals surface area contributed by atoms with Gasteiger partial charge in [0.1, 0.15) is 11.5 Å². The van der Waals surface area contributed by atoms with Crippen molar-refractivity contribution in [1.29, 1.82) is 0 Å². The Labute approximate surface area is 219 Å². The second kappa shape index (κ2) is 10.8. The lowest BCUT2D eigenvalue weighted by Gasteiger charge is -2.35. The van der Waals surface area contributed by atoms with Gasteiger partial charge in [0.05, 0.1) is 31.1 Å². The van der Waals surface area contributed by atoms with Gasteiger partial charge in [-0.05, 0) is 66.3 Å². The number of nitrogens with one attached hydrogen (secondary N) is 1. The number of anilines is 1. The fraction of sp³-hybridized carbons (Fsp3) is 0.345. The van der Waals surface area contributed by atoms with E-state index in [1.165, 1.54) is 4.31 Å². The summed E-state index contributed by atoms with van der Waals surface area (Å²) in [6.45, 7) is 7.98. The van der Waals surface area contributed by atoms with Crippen LogP contribution in [0.5, 0.6) is 11.5 Å². The first-order valence-electron chi connectivity index (χ1n) is 12.4. The normalized spacial score (nSPS) is 16.1. The van der Waals surface area contributed by atoms with E-state index in [4.69, 9.17) is 9.47 Å². The molecule has 1 amide bonds. The largest absolute Gasteiger partial charge is 0.496 e. The molecule has 1 aliphatic heterocycles. The number of nitrogens with zero attached hydrogens (tertiary/aromatic N) is 1. The predicted octanol–water partition coefficient (Wildman–Crippen LogP) is 5.10. The Bertz CT molecular complexity index is 1370. The van der Waals surface area contributed by atoms with Crippen molar-refractivity contribution < 1.29 is 22.7 Å². The maximum Gasteiger partial charge on any atom is 0.263 e. The summed E-state index contributed by atoms with van der Waals surface area (Å²) in [6, 6.07) is 19.7. The van der Waals surface area contributed by atoms with Crippen LogP contribution in [0.3, 0.4) is 0 Å². The monoisotopic (exact) mass is 522 g/mol. The zero-order valence-electron chi connectivity index (χ0n) is 21.9. The van der Waals surface area contributed by atoms with Crippen molar-refractivity contribution in [2.45, 2.75) is 51.5 Å². The molecule has 196 valence electrons. The molecule has 1 heterocycles. The van der Waals surface area contributed by atoms with Crippen molar-refractivity contribution in [3.05, 3.63) is 89.0 Å². The highest BCUT2D eigenvalue weighted by molar-refractivity contribution is 7.92. The third-order valence-corrected chi connectivity index (χ3v) is 8.34. The number of sulfonamides is 1. The fourth-order valence-electron chi connectivity index (χ4n) is 4.66. The van der Waals surface area contributed by atoms with E-state index in [2.05, 4.69) is 25.2 Å². The topological polar surface area (TPSA) is 84.9 Å². The number of hydrogen-bond donors (Lipinski definition) is 1. The number of para-hydroxylation sites is 2. The molecule has 3 aromatic carbocycles. The Morgan fingerprint density at radius 1 is 1.05 bits per heavy atom. The number of methoxy groups -OCH3 is 1. The van der Waals surface area contributed by atoms with Crippen LogP contribution in [0.1, 0.15) is 55.0 Å². The molecular weight excluding hydrogens is 488 g/mol. The molecule has 0 radical (unpaired) electrons. The Kier molecular flexibility index (Phi) is 7.78. The summed E-state index contributed by atoms with van der Waals surface area (Å²) < 4.78 is 39.8. The van der Waals surface area contributed by atoms with E-state index in [-0.39, 0.29) is 30.2 Å². The molecule has 3 aromatic rings. The van der Waals surface area contributed by atoms with E-state index in [1.807, 2.05) is 38.1 Å². The molecule has 4 rings (SSSR count). The lowest BCUT2D eigenvalue weighted by molar-refractivity contribution is -0.128. The predicted molar refractivity (Wildman–Crippen MR) is 146 cm³/mol. The third-order valence-electron chi connectivity index (χ3n) is 6.62. The number of ether oxygens (including phenoxy) is 2. The summed E-state index contributed by atoms with van der Waals surface area (Å²) in [5.41, 5.74) is 4.14. The van der Waals surface area contributed by atoms with Gasteiger partial charge >= 0.3 is 0 Å². The molecule has 37 heavy (non-hydrogen) atoms. The molecule has 0 bridgehead atoms. The SMILES string of the molecule is COc1cc(C)c([C@H](C)NC(=O)[C@H]2CN(S(=O)(=O)Cc3ccccc3)c3ccccc3O2)cc1C(C)C. The Hall–Kier alpha value is -3.52. The summed E-state index contributed by atoms with van der Waals surface area (Å²) >= 11 is 0. The van der Waals surface area contributed by atoms with Crippen LogP contribution in [0, 0.1) is 6.92 Å². The summed E-state index contributed by atoms with van der Waals surface area (Å²) in [5.74, 6) is 0.889. The minimum absolute atomic E-state index is 0.108. The molecule has 0 aromatic heterocycles. The van der Waals surface area contributed by atoms with Crippen molar-refractivity contribution in [3.8, 4) is 11.5 Å². The summed E-state index contributed by atoms with van der Waals surface area (Å²) in [4.78, 5) is 13.4. The number of carbonyl (C=O) groups excluding carboxylic acids is 1. The van der Waals surface area contributed by atoms with Gasteiger partial charge < -0.3 is 14.8 Å². The van der Waals surface area contributed by atoms with Crippen LogP contribution < -0.4 is 19.1 Å². The van der Waals surface area contributed by atoms with Crippen LogP contribution >= 0.6 is 0 Å². The number of amides is 1. The molecule has 0 fully saturated rings. The number of hydrogen-bond acceptors (Lipinski definition) is 5. The fourth-order valence-corrected chi connectivity index (χ4v) is 6.24. The highest BCUT2D eigenvalue weighted by atomic mass is 32.2. The molecule has 1 aliphatic rings. The third kappa shape index (κ3) is 5.74. The molecule has 7 nitrogen and oxygen atoms in total. The van der Waals surface area contributed by atoms with E-state index in [9.17, 15) is 13.2 Å². The Balaban J connectivity index is 1.58. The molecule has 0 aliphatic carbocycles. The second-order valence-electron chi connectivity index (χ2n) is 9.68. The zero-order chi connectivity index (χ0) is 26.7. The van der Waals surface area contributed by atoms with Crippen molar-refractivity contribution in [2.75, 3.05) is 18.0 Å². The van der Waals surface area contributed by atoms with Crippen LogP contribution in [0.2, 0.25) is 0 Å². The van der Waals surface area contributed by atoms with Crippen LogP contribution in [0.4, 0.5) is 5.69 Å². The van der Waals surface area contributed by atoms with Gasteiger partial charge in [0.25, 0.3) is 5.91 Å². The van der Waals surface area contributed by atoms with Gasteiger partial charge in [-0.25, -0.2) is 8.42 Å². The van der Waals surface area contributed by atoms with Gasteiger partial charge in [-0.2, -0.15) is 0 Å². The average molecular weight is 523 g/mol. The van der Waals surface area contributed by atoms with Crippen LogP contribution in [-0.2, 0) is 20.6 Å². The molecule has 0 saturated carbocycles. The van der Waals surface area contributed by atoms with Crippen molar-refractivity contribution in [3.63, 3.8) is 0 Å². The Morgan fingerprint density at radius 3 is 2.41 bits per heavy atom. The number of aryl methyl sites for hydroxylation is 1. The van der Waals surface area contributed by atoms with E-state index < -0.39 is 16.1 Å². The molecular formula is C29H34N2O5S. The molecule has 0 saturated heterocycles. The quantitative estimate of drug-likeness (QED) is 0.445. The van der Waals surface area contributed by atoms with E-state index in [0.717, 1.165) is 22.4 Å². The molecule has 0 spiro atoms. The zero-order valence-corrected chi connectivity index (χ0v) is 22.7. The maximum atomic E-state index is 13.5. The highest BCUT2D eigenvalue weighted by Crippen LogP contribution is 2.36. The van der Waals surface area contributed by atoms with E-state index >= 15 is 0 Å². The Morgan fingerprint density at radius 2 is 1.73 bits per heavy atom. The first-order chi connectivity index (χ1) is 17.6. The smallest absolute Gasteiger partial charge is 0.263 e. The number of carbonyl (C=O) groups is 1. The lowest BCUT2D eigenvalue weighted by Crippen LogP contribution is -2.51. The average Bonchev–Trinajstić information content (AvgIpc) is 2.87. The molecule has 1 N–H and O–H groups in total. The van der Waals surface area contributed by atoms with Gasteiger partial charge in [0.15, 0.2) is 6.10 Å². The van der Waals surface area contributed by atoms with Gasteiger partial charge in [0, 0.05) is 0 Å². The standard InChI is InChI=1S/C29H34N2O5S/c1-19(2)23-16-24(20(3)15-27(23)35-5)21(4)30-29(32)28-17-31(25-13-9-10-14-26(25)36-28)37(33,34)18-22-11-7-6-8-12-22/h6-16,19,21,28H,17-18H2,1-5H3,(H,30,32)/t21-,28+/m0/s1. The summed E-state index contributed by atoms with van der Waals surface area (Å²) in [7, 11) is -2.11. The first-order valence-corrected chi connectivity index (χ1v) is 14.0. The second-order valence-corrected chi connectivity index (χ2v) is 11.6. The molecule has 8 heteroatoms. The lowest BCUT2D eigenvalue weighted by atomic mass is 9.93. The molecule has 0 unspecified atom stereocenters. The number of benzene rings is 3. The van der Waals surface area contributed by atoms with Crippen LogP contribution in [0.15, 0.2) is 66.7 Å². The molecule has 2 atom stereocenters. The van der Waals surface area contributed by atoms with Crippen molar-refractivity contribution >= 4 is 21.6 Å². The van der Waals surface area contributed by atoms with Gasteiger partial charge in [0.2, 0.25) is 10.0 Å². The highest BCUT2D eigenvalue weighted by Gasteiger charge is 2.37. The maximum absolute atomic E-state index is 13.5. The van der Waals surface area contributed by atoms with Gasteiger partial charge in [-0.15, -0.1) is 0 Å². The van der Waals surface area contributed by atoms with Gasteiger partial charge in [-0.1, -0.05) is 56.3 Å².